The van der Waals surface area contributed by atoms with Gasteiger partial charge in [0.1, 0.15) is 5.82 Å². The Kier molecular flexibility index (Phi) is 6.73. The third-order valence-electron chi connectivity index (χ3n) is 4.42. The van der Waals surface area contributed by atoms with Gasteiger partial charge in [-0.05, 0) is 38.5 Å². The average Bonchev–Trinajstić information content (AvgIpc) is 2.81. The van der Waals surface area contributed by atoms with Crippen molar-refractivity contribution < 1.29 is 14.0 Å². The highest BCUT2D eigenvalue weighted by molar-refractivity contribution is 5.94. The van der Waals surface area contributed by atoms with Gasteiger partial charge < -0.3 is 9.80 Å². The third-order valence-corrected chi connectivity index (χ3v) is 4.42. The van der Waals surface area contributed by atoms with Crippen molar-refractivity contribution in [3.63, 3.8) is 0 Å². The Morgan fingerprint density at radius 1 is 1.12 bits per heavy atom. The van der Waals surface area contributed by atoms with Crippen molar-refractivity contribution in [3.8, 4) is 0 Å². The van der Waals surface area contributed by atoms with Crippen LogP contribution in [0.3, 0.4) is 0 Å². The number of hydrogen-bond acceptors (Lipinski definition) is 3. The van der Waals surface area contributed by atoms with Crippen LogP contribution in [0.1, 0.15) is 30.6 Å². The Bertz CT molecular complexity index is 575. The molecule has 2 amide bonds. The number of benzene rings is 1. The number of nitrogens with zero attached hydrogens (tertiary/aromatic N) is 3. The lowest BCUT2D eigenvalue weighted by atomic mass is 10.2. The largest absolute Gasteiger partial charge is 0.342 e. The Morgan fingerprint density at radius 2 is 1.88 bits per heavy atom. The zero-order valence-corrected chi connectivity index (χ0v) is 14.5. The molecule has 2 rings (SSSR count). The van der Waals surface area contributed by atoms with E-state index < -0.39 is 5.82 Å². The summed E-state index contributed by atoms with van der Waals surface area (Å²) in [5, 5.41) is 0. The second-order valence-corrected chi connectivity index (χ2v) is 6.00. The van der Waals surface area contributed by atoms with E-state index in [4.69, 9.17) is 0 Å². The highest BCUT2D eigenvalue weighted by Crippen LogP contribution is 2.11. The first-order valence-corrected chi connectivity index (χ1v) is 8.60. The molecule has 0 unspecified atom stereocenters. The molecular weight excluding hydrogens is 309 g/mol. The van der Waals surface area contributed by atoms with E-state index in [1.807, 2.05) is 18.7 Å². The molecule has 0 bridgehead atoms. The van der Waals surface area contributed by atoms with Gasteiger partial charge in [-0.3, -0.25) is 14.5 Å². The van der Waals surface area contributed by atoms with E-state index in [9.17, 15) is 14.0 Å². The van der Waals surface area contributed by atoms with Crippen LogP contribution in [0.15, 0.2) is 24.3 Å². The lowest BCUT2D eigenvalue weighted by Gasteiger charge is -2.25. The van der Waals surface area contributed by atoms with E-state index in [1.165, 1.54) is 12.1 Å². The van der Waals surface area contributed by atoms with Crippen molar-refractivity contribution in [3.05, 3.63) is 35.6 Å². The van der Waals surface area contributed by atoms with Crippen LogP contribution in [0.2, 0.25) is 0 Å². The fourth-order valence-electron chi connectivity index (χ4n) is 3.00. The van der Waals surface area contributed by atoms with Gasteiger partial charge in [0.15, 0.2) is 0 Å². The molecule has 0 aromatic heterocycles. The second kappa shape index (κ2) is 8.78. The van der Waals surface area contributed by atoms with Crippen LogP contribution < -0.4 is 0 Å². The number of carbonyl (C=O) groups excluding carboxylic acids is 2. The van der Waals surface area contributed by atoms with E-state index >= 15 is 0 Å². The van der Waals surface area contributed by atoms with Crippen LogP contribution in [0.4, 0.5) is 4.39 Å². The Labute approximate surface area is 143 Å². The predicted molar refractivity (Wildman–Crippen MR) is 91.3 cm³/mol. The van der Waals surface area contributed by atoms with E-state index in [1.54, 1.807) is 17.0 Å². The van der Waals surface area contributed by atoms with Gasteiger partial charge in [-0.25, -0.2) is 4.39 Å². The number of halogens is 1. The van der Waals surface area contributed by atoms with Crippen LogP contribution in [0, 0.1) is 5.82 Å². The minimum absolute atomic E-state index is 0.130. The summed E-state index contributed by atoms with van der Waals surface area (Å²) >= 11 is 0. The molecule has 1 aromatic carbocycles. The Balaban J connectivity index is 1.92. The van der Waals surface area contributed by atoms with Gasteiger partial charge >= 0.3 is 0 Å². The first-order chi connectivity index (χ1) is 11.5. The summed E-state index contributed by atoms with van der Waals surface area (Å²) in [5.41, 5.74) is 0.377. The predicted octanol–water partition coefficient (Wildman–Crippen LogP) is 1.84. The molecule has 0 saturated carbocycles. The molecule has 1 heterocycles. The van der Waals surface area contributed by atoms with Crippen LogP contribution in [-0.2, 0) is 4.79 Å². The molecular formula is C18H26FN3O2. The summed E-state index contributed by atoms with van der Waals surface area (Å²) in [4.78, 5) is 30.4. The first-order valence-electron chi connectivity index (χ1n) is 8.60. The molecule has 1 fully saturated rings. The van der Waals surface area contributed by atoms with E-state index in [0.717, 1.165) is 13.0 Å². The molecule has 0 atom stereocenters. The number of rotatable bonds is 5. The Hall–Kier alpha value is -1.95. The average molecular weight is 335 g/mol. The Morgan fingerprint density at radius 3 is 2.54 bits per heavy atom. The molecule has 5 nitrogen and oxygen atoms in total. The van der Waals surface area contributed by atoms with Gasteiger partial charge in [-0.2, -0.15) is 0 Å². The summed E-state index contributed by atoms with van der Waals surface area (Å²) < 4.78 is 13.3. The second-order valence-electron chi connectivity index (χ2n) is 6.00. The minimum Gasteiger partial charge on any atom is -0.342 e. The minimum atomic E-state index is -0.401. The quantitative estimate of drug-likeness (QED) is 0.825. The van der Waals surface area contributed by atoms with Gasteiger partial charge in [0.2, 0.25) is 5.91 Å². The highest BCUT2D eigenvalue weighted by Gasteiger charge is 2.22. The standard InChI is InChI=1S/C18H26FN3O2/c1-3-21(4-2)17(23)14-20-9-6-10-22(12-11-20)18(24)15-7-5-8-16(19)13-15/h5,7-8,13H,3-4,6,9-12,14H2,1-2H3. The molecule has 0 spiro atoms. The zero-order valence-electron chi connectivity index (χ0n) is 14.5. The summed E-state index contributed by atoms with van der Waals surface area (Å²) in [6.45, 7) is 8.41. The van der Waals surface area contributed by atoms with Gasteiger partial charge in [0, 0.05) is 44.8 Å². The monoisotopic (exact) mass is 335 g/mol. The highest BCUT2D eigenvalue weighted by atomic mass is 19.1. The lowest BCUT2D eigenvalue weighted by Crippen LogP contribution is -2.42. The number of hydrogen-bond donors (Lipinski definition) is 0. The third kappa shape index (κ3) is 4.77. The van der Waals surface area contributed by atoms with Crippen LogP contribution in [-0.4, -0.2) is 72.3 Å². The molecule has 6 heteroatoms. The summed E-state index contributed by atoms with van der Waals surface area (Å²) in [7, 11) is 0. The van der Waals surface area contributed by atoms with Crippen molar-refractivity contribution in [2.75, 3.05) is 45.8 Å². The molecule has 0 aliphatic carbocycles. The summed E-state index contributed by atoms with van der Waals surface area (Å²) in [6, 6.07) is 5.79. The fourth-order valence-corrected chi connectivity index (χ4v) is 3.00. The zero-order chi connectivity index (χ0) is 17.5. The van der Waals surface area contributed by atoms with Gasteiger partial charge in [-0.1, -0.05) is 6.07 Å². The van der Waals surface area contributed by atoms with Crippen molar-refractivity contribution in [1.82, 2.24) is 14.7 Å². The maximum Gasteiger partial charge on any atom is 0.254 e. The molecule has 1 aliphatic rings. The molecule has 24 heavy (non-hydrogen) atoms. The van der Waals surface area contributed by atoms with Crippen LogP contribution >= 0.6 is 0 Å². The fraction of sp³-hybridized carbons (Fsp3) is 0.556. The maximum absolute atomic E-state index is 13.3. The SMILES string of the molecule is CCN(CC)C(=O)CN1CCCN(C(=O)c2cccc(F)c2)CC1. The smallest absolute Gasteiger partial charge is 0.254 e. The van der Waals surface area contributed by atoms with Crippen molar-refractivity contribution in [1.29, 1.82) is 0 Å². The molecule has 0 N–H and O–H groups in total. The first kappa shape index (κ1) is 18.4. The molecule has 0 radical (unpaired) electrons. The molecule has 132 valence electrons. The topological polar surface area (TPSA) is 43.9 Å². The summed E-state index contributed by atoms with van der Waals surface area (Å²) in [6.07, 6.45) is 0.812. The van der Waals surface area contributed by atoms with Crippen molar-refractivity contribution in [2.45, 2.75) is 20.3 Å². The number of amides is 2. The molecule has 1 saturated heterocycles. The molecule has 1 aromatic rings. The summed E-state index contributed by atoms with van der Waals surface area (Å²) in [5.74, 6) is -0.418. The maximum atomic E-state index is 13.3. The van der Waals surface area contributed by atoms with Crippen LogP contribution in [0.5, 0.6) is 0 Å². The van der Waals surface area contributed by atoms with Crippen LogP contribution in [0.25, 0.3) is 0 Å². The number of carbonyl (C=O) groups is 2. The van der Waals surface area contributed by atoms with E-state index in [-0.39, 0.29) is 11.8 Å². The number of likely N-dealkylation sites (N-methyl/N-ethyl adjacent to an activating group) is 1. The van der Waals surface area contributed by atoms with E-state index in [2.05, 4.69) is 4.90 Å². The van der Waals surface area contributed by atoms with Gasteiger partial charge in [-0.15, -0.1) is 0 Å². The normalized spacial score (nSPS) is 15.9. The van der Waals surface area contributed by atoms with Crippen molar-refractivity contribution in [2.24, 2.45) is 0 Å². The molecule has 1 aliphatic heterocycles. The van der Waals surface area contributed by atoms with Gasteiger partial charge in [0.25, 0.3) is 5.91 Å². The lowest BCUT2D eigenvalue weighted by molar-refractivity contribution is -0.132. The van der Waals surface area contributed by atoms with Crippen molar-refractivity contribution >= 4 is 11.8 Å². The van der Waals surface area contributed by atoms with Gasteiger partial charge in [0.05, 0.1) is 6.54 Å². The van der Waals surface area contributed by atoms with E-state index in [0.29, 0.717) is 44.8 Å².